The molecule has 1 unspecified atom stereocenters. The van der Waals surface area contributed by atoms with Gasteiger partial charge in [-0.05, 0) is 13.3 Å². The van der Waals surface area contributed by atoms with Crippen LogP contribution < -0.4 is 5.73 Å². The van der Waals surface area contributed by atoms with Crippen molar-refractivity contribution in [2.75, 3.05) is 19.8 Å². The lowest BCUT2D eigenvalue weighted by atomic mass is 10.4. The minimum atomic E-state index is -0.155. The van der Waals surface area contributed by atoms with Gasteiger partial charge in [0.25, 0.3) is 0 Å². The highest BCUT2D eigenvalue weighted by Crippen LogP contribution is 2.00. The van der Waals surface area contributed by atoms with Gasteiger partial charge in [0.05, 0.1) is 0 Å². The molecule has 67 valence electrons. The second kappa shape index (κ2) is 7.98. The van der Waals surface area contributed by atoms with Gasteiger partial charge in [0, 0.05) is 26.2 Å². The standard InChI is InChI=1S/C8H18NO2/c1-3-7-11-8(5-6-9)10-4-2/h8-9H,3-7H2,1-2H3. The van der Waals surface area contributed by atoms with Gasteiger partial charge >= 0.3 is 0 Å². The number of hydrogen-bond donors (Lipinski definition) is 0. The molecular weight excluding hydrogens is 142 g/mol. The molecule has 1 radical (unpaired) electrons. The van der Waals surface area contributed by atoms with E-state index in [4.69, 9.17) is 15.2 Å². The van der Waals surface area contributed by atoms with Crippen molar-refractivity contribution in [3.8, 4) is 0 Å². The molecule has 0 aromatic heterocycles. The number of rotatable bonds is 7. The van der Waals surface area contributed by atoms with Gasteiger partial charge in [0.15, 0.2) is 6.29 Å². The van der Waals surface area contributed by atoms with Crippen LogP contribution in [0.25, 0.3) is 0 Å². The van der Waals surface area contributed by atoms with Crippen LogP contribution in [0.2, 0.25) is 0 Å². The molecule has 0 aromatic carbocycles. The van der Waals surface area contributed by atoms with Crippen molar-refractivity contribution in [2.24, 2.45) is 0 Å². The summed E-state index contributed by atoms with van der Waals surface area (Å²) in [6.45, 7) is 5.75. The minimum absolute atomic E-state index is 0.155. The van der Waals surface area contributed by atoms with Gasteiger partial charge in [0.2, 0.25) is 0 Å². The summed E-state index contributed by atoms with van der Waals surface area (Å²) in [6, 6.07) is 0. The summed E-state index contributed by atoms with van der Waals surface area (Å²) in [7, 11) is 0. The predicted molar refractivity (Wildman–Crippen MR) is 44.2 cm³/mol. The van der Waals surface area contributed by atoms with Crippen molar-refractivity contribution < 1.29 is 9.47 Å². The van der Waals surface area contributed by atoms with Crippen molar-refractivity contribution in [2.45, 2.75) is 33.0 Å². The van der Waals surface area contributed by atoms with Crippen LogP contribution in [0.4, 0.5) is 0 Å². The zero-order chi connectivity index (χ0) is 8.53. The van der Waals surface area contributed by atoms with Crippen molar-refractivity contribution >= 4 is 0 Å². The summed E-state index contributed by atoms with van der Waals surface area (Å²) in [5.41, 5.74) is 6.99. The molecule has 0 heterocycles. The van der Waals surface area contributed by atoms with Crippen LogP contribution in [-0.4, -0.2) is 26.0 Å². The van der Waals surface area contributed by atoms with Crippen molar-refractivity contribution in [3.63, 3.8) is 0 Å². The summed E-state index contributed by atoms with van der Waals surface area (Å²) >= 11 is 0. The first-order valence-corrected chi connectivity index (χ1v) is 4.22. The Bertz CT molecular complexity index is 72.5. The summed E-state index contributed by atoms with van der Waals surface area (Å²) in [5, 5.41) is 0. The van der Waals surface area contributed by atoms with Crippen LogP contribution in [0.3, 0.4) is 0 Å². The molecule has 0 spiro atoms. The molecule has 11 heavy (non-hydrogen) atoms. The van der Waals surface area contributed by atoms with Crippen molar-refractivity contribution in [1.29, 1.82) is 0 Å². The SMILES string of the molecule is CCCOC(CC[NH])OCC. The lowest BCUT2D eigenvalue weighted by Gasteiger charge is -2.15. The van der Waals surface area contributed by atoms with Crippen LogP contribution in [0.1, 0.15) is 26.7 Å². The Morgan fingerprint density at radius 1 is 1.27 bits per heavy atom. The fraction of sp³-hybridized carbons (Fsp3) is 1.00. The van der Waals surface area contributed by atoms with E-state index >= 15 is 0 Å². The highest BCUT2D eigenvalue weighted by molar-refractivity contribution is 4.44. The lowest BCUT2D eigenvalue weighted by molar-refractivity contribution is -0.141. The lowest BCUT2D eigenvalue weighted by Crippen LogP contribution is -2.19. The molecule has 0 saturated carbocycles. The monoisotopic (exact) mass is 160 g/mol. The van der Waals surface area contributed by atoms with Gasteiger partial charge in [-0.3, -0.25) is 5.73 Å². The van der Waals surface area contributed by atoms with E-state index in [1.807, 2.05) is 6.92 Å². The van der Waals surface area contributed by atoms with Crippen molar-refractivity contribution in [1.82, 2.24) is 5.73 Å². The summed E-state index contributed by atoms with van der Waals surface area (Å²) in [4.78, 5) is 0. The minimum Gasteiger partial charge on any atom is -0.353 e. The Hall–Kier alpha value is -0.120. The average molecular weight is 160 g/mol. The van der Waals surface area contributed by atoms with E-state index in [1.165, 1.54) is 0 Å². The smallest absolute Gasteiger partial charge is 0.158 e. The zero-order valence-corrected chi connectivity index (χ0v) is 7.43. The quantitative estimate of drug-likeness (QED) is 0.529. The third-order valence-corrected chi connectivity index (χ3v) is 1.24. The first-order chi connectivity index (χ1) is 5.35. The first-order valence-electron chi connectivity index (χ1n) is 4.22. The van der Waals surface area contributed by atoms with Gasteiger partial charge in [-0.25, -0.2) is 0 Å². The number of hydrogen-bond acceptors (Lipinski definition) is 2. The van der Waals surface area contributed by atoms with E-state index in [9.17, 15) is 0 Å². The molecular formula is C8H18NO2. The molecule has 0 saturated heterocycles. The fourth-order valence-electron chi connectivity index (χ4n) is 0.768. The van der Waals surface area contributed by atoms with Gasteiger partial charge in [-0.1, -0.05) is 6.92 Å². The molecule has 0 rings (SSSR count). The second-order valence-corrected chi connectivity index (χ2v) is 2.29. The summed E-state index contributed by atoms with van der Waals surface area (Å²) < 4.78 is 10.6. The van der Waals surface area contributed by atoms with E-state index < -0.39 is 0 Å². The zero-order valence-electron chi connectivity index (χ0n) is 7.43. The average Bonchev–Trinajstić information content (AvgIpc) is 2.01. The molecule has 0 aliphatic carbocycles. The predicted octanol–water partition coefficient (Wildman–Crippen LogP) is 1.45. The molecule has 0 fully saturated rings. The Kier molecular flexibility index (Phi) is 7.89. The van der Waals surface area contributed by atoms with Crippen molar-refractivity contribution in [3.05, 3.63) is 0 Å². The fourth-order valence-corrected chi connectivity index (χ4v) is 0.768. The van der Waals surface area contributed by atoms with Gasteiger partial charge < -0.3 is 9.47 Å². The second-order valence-electron chi connectivity index (χ2n) is 2.29. The molecule has 3 heteroatoms. The molecule has 1 N–H and O–H groups in total. The van der Waals surface area contributed by atoms with Crippen LogP contribution in [-0.2, 0) is 9.47 Å². The maximum Gasteiger partial charge on any atom is 0.158 e. The highest BCUT2D eigenvalue weighted by Gasteiger charge is 2.05. The molecule has 0 aliphatic heterocycles. The van der Waals surface area contributed by atoms with Crippen LogP contribution in [0.15, 0.2) is 0 Å². The maximum atomic E-state index is 6.99. The van der Waals surface area contributed by atoms with Gasteiger partial charge in [-0.2, -0.15) is 0 Å². The van der Waals surface area contributed by atoms with E-state index in [-0.39, 0.29) is 6.29 Å². The Morgan fingerprint density at radius 2 is 2.00 bits per heavy atom. The van der Waals surface area contributed by atoms with E-state index in [1.54, 1.807) is 0 Å². The molecule has 3 nitrogen and oxygen atoms in total. The third-order valence-electron chi connectivity index (χ3n) is 1.24. The molecule has 0 bridgehead atoms. The molecule has 0 aliphatic rings. The van der Waals surface area contributed by atoms with Crippen LogP contribution in [0.5, 0.6) is 0 Å². The normalized spacial score (nSPS) is 13.4. The topological polar surface area (TPSA) is 42.3 Å². The number of nitrogens with one attached hydrogen (secondary N) is 1. The first kappa shape index (κ1) is 10.9. The molecule has 1 atom stereocenters. The molecule has 0 aromatic rings. The Balaban J connectivity index is 3.34. The third kappa shape index (κ3) is 6.28. The number of ether oxygens (including phenoxy) is 2. The van der Waals surface area contributed by atoms with Crippen LogP contribution in [0, 0.1) is 0 Å². The van der Waals surface area contributed by atoms with Gasteiger partial charge in [-0.15, -0.1) is 0 Å². The Morgan fingerprint density at radius 3 is 2.45 bits per heavy atom. The largest absolute Gasteiger partial charge is 0.353 e. The highest BCUT2D eigenvalue weighted by atomic mass is 16.7. The summed E-state index contributed by atoms with van der Waals surface area (Å²) in [5.74, 6) is 0. The van der Waals surface area contributed by atoms with E-state index in [0.29, 0.717) is 19.6 Å². The van der Waals surface area contributed by atoms with Crippen LogP contribution >= 0.6 is 0 Å². The maximum absolute atomic E-state index is 6.99. The van der Waals surface area contributed by atoms with E-state index in [0.717, 1.165) is 13.0 Å². The van der Waals surface area contributed by atoms with Gasteiger partial charge in [0.1, 0.15) is 0 Å². The Labute approximate surface area is 68.9 Å². The van der Waals surface area contributed by atoms with E-state index in [2.05, 4.69) is 6.92 Å². The summed E-state index contributed by atoms with van der Waals surface area (Å²) in [6.07, 6.45) is 1.52. The molecule has 0 amide bonds.